The van der Waals surface area contributed by atoms with E-state index in [1.807, 2.05) is 13.8 Å². The third-order valence-electron chi connectivity index (χ3n) is 3.58. The molecule has 0 fully saturated rings. The Kier molecular flexibility index (Phi) is 4.47. The van der Waals surface area contributed by atoms with Crippen LogP contribution in [0.5, 0.6) is 0 Å². The number of nitrogens with one attached hydrogen (secondary N) is 1. The van der Waals surface area contributed by atoms with Gasteiger partial charge in [-0.05, 0) is 49.6 Å². The molecule has 0 bridgehead atoms. The van der Waals surface area contributed by atoms with Crippen LogP contribution in [0.2, 0.25) is 5.02 Å². The fourth-order valence-corrected chi connectivity index (χ4v) is 2.21. The molecule has 1 N–H and O–H groups in total. The molecule has 5 nitrogen and oxygen atoms in total. The highest BCUT2D eigenvalue weighted by Crippen LogP contribution is 2.30. The molecule has 0 aromatic heterocycles. The van der Waals surface area contributed by atoms with Gasteiger partial charge in [0.15, 0.2) is 0 Å². The molecule has 2 rings (SSSR count). The van der Waals surface area contributed by atoms with Crippen molar-refractivity contribution >= 4 is 28.9 Å². The maximum Gasteiger partial charge on any atom is 0.293 e. The van der Waals surface area contributed by atoms with Crippen LogP contribution in [-0.2, 0) is 0 Å². The molecule has 2 aromatic carbocycles. The van der Waals surface area contributed by atoms with Gasteiger partial charge in [0, 0.05) is 16.7 Å². The molecule has 0 saturated heterocycles. The number of anilines is 1. The Morgan fingerprint density at radius 1 is 1.14 bits per heavy atom. The first-order valence-electron chi connectivity index (χ1n) is 6.63. The minimum absolute atomic E-state index is 0.130. The van der Waals surface area contributed by atoms with Crippen LogP contribution in [0.3, 0.4) is 0 Å². The molecule has 114 valence electrons. The molecule has 22 heavy (non-hydrogen) atoms. The van der Waals surface area contributed by atoms with Crippen LogP contribution < -0.4 is 5.32 Å². The van der Waals surface area contributed by atoms with Gasteiger partial charge in [-0.1, -0.05) is 23.7 Å². The van der Waals surface area contributed by atoms with E-state index in [0.29, 0.717) is 16.1 Å². The third kappa shape index (κ3) is 3.09. The number of carbonyl (C=O) groups is 1. The minimum Gasteiger partial charge on any atom is -0.316 e. The molecule has 0 spiro atoms. The first kappa shape index (κ1) is 16.0. The van der Waals surface area contributed by atoms with Gasteiger partial charge < -0.3 is 5.32 Å². The fourth-order valence-electron chi connectivity index (χ4n) is 2.03. The van der Waals surface area contributed by atoms with Crippen molar-refractivity contribution in [1.82, 2.24) is 0 Å². The summed E-state index contributed by atoms with van der Waals surface area (Å²) in [4.78, 5) is 22.9. The number of nitro benzene ring substituents is 1. The van der Waals surface area contributed by atoms with Crippen molar-refractivity contribution in [3.8, 4) is 0 Å². The van der Waals surface area contributed by atoms with E-state index in [2.05, 4.69) is 5.32 Å². The molecule has 0 heterocycles. The number of aryl methyl sites for hydroxylation is 2. The number of halogens is 1. The van der Waals surface area contributed by atoms with Gasteiger partial charge in [0.1, 0.15) is 5.69 Å². The second-order valence-corrected chi connectivity index (χ2v) is 5.48. The number of carbonyl (C=O) groups excluding carboxylic acids is 1. The van der Waals surface area contributed by atoms with E-state index in [4.69, 9.17) is 11.6 Å². The highest BCUT2D eigenvalue weighted by Gasteiger charge is 2.20. The summed E-state index contributed by atoms with van der Waals surface area (Å²) in [6.45, 7) is 5.40. The number of benzene rings is 2. The smallest absolute Gasteiger partial charge is 0.293 e. The zero-order valence-electron chi connectivity index (χ0n) is 12.4. The largest absolute Gasteiger partial charge is 0.316 e. The second kappa shape index (κ2) is 6.15. The van der Waals surface area contributed by atoms with E-state index in [0.717, 1.165) is 11.1 Å². The number of hydrogen-bond donors (Lipinski definition) is 1. The molecule has 0 aliphatic heterocycles. The first-order chi connectivity index (χ1) is 10.3. The predicted molar refractivity (Wildman–Crippen MR) is 86.7 cm³/mol. The summed E-state index contributed by atoms with van der Waals surface area (Å²) in [5.41, 5.74) is 2.83. The number of amides is 1. The average Bonchev–Trinajstić information content (AvgIpc) is 2.46. The normalized spacial score (nSPS) is 10.4. The Labute approximate surface area is 133 Å². The van der Waals surface area contributed by atoms with Crippen LogP contribution in [0.25, 0.3) is 0 Å². The fraction of sp³-hybridized carbons (Fsp3) is 0.188. The molecule has 1 amide bonds. The second-order valence-electron chi connectivity index (χ2n) is 5.08. The predicted octanol–water partition coefficient (Wildman–Crippen LogP) is 4.43. The van der Waals surface area contributed by atoms with Gasteiger partial charge in [-0.25, -0.2) is 0 Å². The van der Waals surface area contributed by atoms with Crippen LogP contribution in [0.4, 0.5) is 11.4 Å². The monoisotopic (exact) mass is 318 g/mol. The zero-order valence-corrected chi connectivity index (χ0v) is 13.2. The lowest BCUT2D eigenvalue weighted by atomic mass is 10.1. The van der Waals surface area contributed by atoms with Gasteiger partial charge in [-0.2, -0.15) is 0 Å². The molecule has 0 aliphatic carbocycles. The van der Waals surface area contributed by atoms with Crippen molar-refractivity contribution in [3.05, 3.63) is 67.7 Å². The van der Waals surface area contributed by atoms with Crippen LogP contribution in [0.1, 0.15) is 27.0 Å². The molecule has 0 aliphatic rings. The van der Waals surface area contributed by atoms with E-state index in [1.54, 1.807) is 31.2 Å². The topological polar surface area (TPSA) is 72.2 Å². The molecule has 0 unspecified atom stereocenters. The summed E-state index contributed by atoms with van der Waals surface area (Å²) in [5, 5.41) is 14.2. The van der Waals surface area contributed by atoms with Crippen LogP contribution in [0, 0.1) is 30.9 Å². The molecule has 2 aromatic rings. The van der Waals surface area contributed by atoms with Crippen LogP contribution in [-0.4, -0.2) is 10.8 Å². The van der Waals surface area contributed by atoms with Gasteiger partial charge in [-0.3, -0.25) is 14.9 Å². The van der Waals surface area contributed by atoms with Crippen molar-refractivity contribution < 1.29 is 9.72 Å². The number of nitro groups is 1. The van der Waals surface area contributed by atoms with Crippen LogP contribution >= 0.6 is 11.6 Å². The standard InChI is InChI=1S/C16H15ClN2O3/c1-9-5-7-14(19(21)22)15(11(9)3)18-16(20)12-6-4-10(2)13(17)8-12/h4-8H,1-3H3,(H,18,20). The third-order valence-corrected chi connectivity index (χ3v) is 3.99. The molecular formula is C16H15ClN2O3. The van der Waals surface area contributed by atoms with Crippen molar-refractivity contribution in [2.45, 2.75) is 20.8 Å². The summed E-state index contributed by atoms with van der Waals surface area (Å²) in [7, 11) is 0. The highest BCUT2D eigenvalue weighted by molar-refractivity contribution is 6.31. The molecule has 0 saturated carbocycles. The van der Waals surface area contributed by atoms with E-state index in [9.17, 15) is 14.9 Å². The van der Waals surface area contributed by atoms with Gasteiger partial charge >= 0.3 is 0 Å². The molecule has 0 radical (unpaired) electrons. The lowest BCUT2D eigenvalue weighted by Gasteiger charge is -2.11. The minimum atomic E-state index is -0.510. The summed E-state index contributed by atoms with van der Waals surface area (Å²) >= 11 is 6.01. The van der Waals surface area contributed by atoms with E-state index in [-0.39, 0.29) is 11.4 Å². The Hall–Kier alpha value is -2.40. The summed E-state index contributed by atoms with van der Waals surface area (Å²) in [6.07, 6.45) is 0. The number of hydrogen-bond acceptors (Lipinski definition) is 3. The Morgan fingerprint density at radius 2 is 1.77 bits per heavy atom. The first-order valence-corrected chi connectivity index (χ1v) is 7.01. The summed E-state index contributed by atoms with van der Waals surface area (Å²) in [5.74, 6) is -0.432. The Morgan fingerprint density at radius 3 is 2.36 bits per heavy atom. The average molecular weight is 319 g/mol. The number of nitrogens with zero attached hydrogens (tertiary/aromatic N) is 1. The van der Waals surface area contributed by atoms with Crippen molar-refractivity contribution in [3.63, 3.8) is 0 Å². The Bertz CT molecular complexity index is 772. The maximum atomic E-state index is 12.3. The van der Waals surface area contributed by atoms with Gasteiger partial charge in [-0.15, -0.1) is 0 Å². The Balaban J connectivity index is 2.41. The highest BCUT2D eigenvalue weighted by atomic mass is 35.5. The van der Waals surface area contributed by atoms with Crippen molar-refractivity contribution in [2.75, 3.05) is 5.32 Å². The van der Waals surface area contributed by atoms with Gasteiger partial charge in [0.05, 0.1) is 4.92 Å². The zero-order chi connectivity index (χ0) is 16.4. The van der Waals surface area contributed by atoms with Crippen molar-refractivity contribution in [1.29, 1.82) is 0 Å². The molecule has 6 heteroatoms. The molecular weight excluding hydrogens is 304 g/mol. The summed E-state index contributed by atoms with van der Waals surface area (Å²) in [6, 6.07) is 7.96. The van der Waals surface area contributed by atoms with E-state index in [1.165, 1.54) is 6.07 Å². The van der Waals surface area contributed by atoms with Gasteiger partial charge in [0.25, 0.3) is 11.6 Å². The maximum absolute atomic E-state index is 12.3. The van der Waals surface area contributed by atoms with E-state index < -0.39 is 10.8 Å². The van der Waals surface area contributed by atoms with E-state index >= 15 is 0 Å². The SMILES string of the molecule is Cc1ccc(C(=O)Nc2c([N+](=O)[O-])ccc(C)c2C)cc1Cl. The molecule has 0 atom stereocenters. The quantitative estimate of drug-likeness (QED) is 0.672. The van der Waals surface area contributed by atoms with Crippen LogP contribution in [0.15, 0.2) is 30.3 Å². The number of rotatable bonds is 3. The lowest BCUT2D eigenvalue weighted by molar-refractivity contribution is -0.384. The van der Waals surface area contributed by atoms with Gasteiger partial charge in [0.2, 0.25) is 0 Å². The lowest BCUT2D eigenvalue weighted by Crippen LogP contribution is -2.14. The van der Waals surface area contributed by atoms with Crippen molar-refractivity contribution in [2.24, 2.45) is 0 Å². The summed E-state index contributed by atoms with van der Waals surface area (Å²) < 4.78 is 0.